The van der Waals surface area contributed by atoms with E-state index in [1.807, 2.05) is 81.4 Å². The molecule has 0 radical (unpaired) electrons. The Kier molecular flexibility index (Phi) is 4.94. The lowest BCUT2D eigenvalue weighted by Gasteiger charge is -2.24. The van der Waals surface area contributed by atoms with Gasteiger partial charge < -0.3 is 4.74 Å². The number of rotatable bonds is 3. The molecular formula is C18H20N2O2. The van der Waals surface area contributed by atoms with Crippen LogP contribution in [-0.4, -0.2) is 17.9 Å². The van der Waals surface area contributed by atoms with E-state index in [1.54, 1.807) is 6.21 Å². The second-order valence-corrected chi connectivity index (χ2v) is 5.78. The first-order chi connectivity index (χ1) is 10.5. The third-order valence-electron chi connectivity index (χ3n) is 2.69. The monoisotopic (exact) mass is 296 g/mol. The van der Waals surface area contributed by atoms with E-state index in [2.05, 4.69) is 5.10 Å². The Morgan fingerprint density at radius 1 is 1.00 bits per heavy atom. The van der Waals surface area contributed by atoms with E-state index in [0.717, 1.165) is 5.56 Å². The van der Waals surface area contributed by atoms with Crippen molar-refractivity contribution in [1.29, 1.82) is 0 Å². The van der Waals surface area contributed by atoms with Crippen LogP contribution in [0.3, 0.4) is 0 Å². The lowest BCUT2D eigenvalue weighted by Crippen LogP contribution is -2.33. The Balaban J connectivity index is 2.26. The van der Waals surface area contributed by atoms with Crippen molar-refractivity contribution in [3.8, 4) is 0 Å². The van der Waals surface area contributed by atoms with Crippen molar-refractivity contribution >= 4 is 18.0 Å². The Labute approximate surface area is 131 Å². The zero-order valence-corrected chi connectivity index (χ0v) is 13.1. The first kappa shape index (κ1) is 15.8. The maximum absolute atomic E-state index is 12.4. The van der Waals surface area contributed by atoms with Gasteiger partial charge in [0.15, 0.2) is 0 Å². The quantitative estimate of drug-likeness (QED) is 0.619. The van der Waals surface area contributed by atoms with Crippen LogP contribution >= 0.6 is 0 Å². The summed E-state index contributed by atoms with van der Waals surface area (Å²) in [6.07, 6.45) is 1.13. The van der Waals surface area contributed by atoms with Crippen LogP contribution < -0.4 is 5.01 Å². The minimum atomic E-state index is -0.577. The molecule has 4 nitrogen and oxygen atoms in total. The molecule has 114 valence electrons. The predicted molar refractivity (Wildman–Crippen MR) is 89.2 cm³/mol. The lowest BCUT2D eigenvalue weighted by molar-refractivity contribution is 0.0581. The minimum Gasteiger partial charge on any atom is -0.442 e. The van der Waals surface area contributed by atoms with E-state index in [9.17, 15) is 4.79 Å². The van der Waals surface area contributed by atoms with Gasteiger partial charge in [0.25, 0.3) is 0 Å². The first-order valence-corrected chi connectivity index (χ1v) is 7.13. The average molecular weight is 296 g/mol. The average Bonchev–Trinajstić information content (AvgIpc) is 2.48. The van der Waals surface area contributed by atoms with Crippen LogP contribution in [0.5, 0.6) is 0 Å². The Hall–Kier alpha value is -2.62. The fourth-order valence-corrected chi connectivity index (χ4v) is 1.76. The summed E-state index contributed by atoms with van der Waals surface area (Å²) >= 11 is 0. The topological polar surface area (TPSA) is 41.9 Å². The van der Waals surface area contributed by atoms with Gasteiger partial charge in [-0.3, -0.25) is 0 Å². The highest BCUT2D eigenvalue weighted by Gasteiger charge is 2.22. The van der Waals surface area contributed by atoms with Gasteiger partial charge in [0.1, 0.15) is 5.60 Å². The summed E-state index contributed by atoms with van der Waals surface area (Å²) < 4.78 is 5.42. The SMILES string of the molecule is CC(C)(C)OC(=O)N(/N=C/c1ccccc1)c1ccccc1. The zero-order chi connectivity index (χ0) is 16.0. The number of carbonyl (C=O) groups excluding carboxylic acids is 1. The van der Waals surface area contributed by atoms with Crippen molar-refractivity contribution in [1.82, 2.24) is 0 Å². The maximum atomic E-state index is 12.4. The Morgan fingerprint density at radius 2 is 1.55 bits per heavy atom. The summed E-state index contributed by atoms with van der Waals surface area (Å²) in [4.78, 5) is 12.4. The minimum absolute atomic E-state index is 0.508. The number of anilines is 1. The Morgan fingerprint density at radius 3 is 2.09 bits per heavy atom. The lowest BCUT2D eigenvalue weighted by atomic mass is 10.2. The molecule has 4 heteroatoms. The summed E-state index contributed by atoms with van der Waals surface area (Å²) in [5.74, 6) is 0. The van der Waals surface area contributed by atoms with Crippen LogP contribution in [0.15, 0.2) is 65.8 Å². The van der Waals surface area contributed by atoms with Crippen LogP contribution in [0.25, 0.3) is 0 Å². The molecule has 0 spiro atoms. The van der Waals surface area contributed by atoms with Gasteiger partial charge in [0.2, 0.25) is 0 Å². The number of nitrogens with zero attached hydrogens (tertiary/aromatic N) is 2. The first-order valence-electron chi connectivity index (χ1n) is 7.13. The van der Waals surface area contributed by atoms with Crippen molar-refractivity contribution in [2.45, 2.75) is 26.4 Å². The summed E-state index contributed by atoms with van der Waals surface area (Å²) in [6, 6.07) is 18.8. The molecule has 2 aromatic rings. The molecule has 0 N–H and O–H groups in total. The van der Waals surface area contributed by atoms with E-state index >= 15 is 0 Å². The molecule has 0 bridgehead atoms. The van der Waals surface area contributed by atoms with Gasteiger partial charge >= 0.3 is 6.09 Å². The number of hydrazone groups is 1. The van der Waals surface area contributed by atoms with Crippen LogP contribution in [-0.2, 0) is 4.74 Å². The fourth-order valence-electron chi connectivity index (χ4n) is 1.76. The molecule has 2 aromatic carbocycles. The van der Waals surface area contributed by atoms with E-state index in [-0.39, 0.29) is 0 Å². The summed E-state index contributed by atoms with van der Waals surface area (Å²) in [6.45, 7) is 5.49. The van der Waals surface area contributed by atoms with Gasteiger partial charge in [0.05, 0.1) is 11.9 Å². The van der Waals surface area contributed by atoms with Crippen LogP contribution in [0.1, 0.15) is 26.3 Å². The molecule has 0 saturated carbocycles. The smallest absolute Gasteiger partial charge is 0.435 e. The molecule has 0 aromatic heterocycles. The second kappa shape index (κ2) is 6.89. The number of benzene rings is 2. The third-order valence-corrected chi connectivity index (χ3v) is 2.69. The zero-order valence-electron chi connectivity index (χ0n) is 13.1. The van der Waals surface area contributed by atoms with Crippen molar-refractivity contribution in [3.05, 3.63) is 66.2 Å². The van der Waals surface area contributed by atoms with Crippen LogP contribution in [0, 0.1) is 0 Å². The van der Waals surface area contributed by atoms with E-state index in [0.29, 0.717) is 5.69 Å². The largest absolute Gasteiger partial charge is 0.442 e. The molecule has 1 amide bonds. The highest BCUT2D eigenvalue weighted by atomic mass is 16.6. The normalized spacial score (nSPS) is 11.4. The molecule has 0 unspecified atom stereocenters. The molecule has 0 heterocycles. The van der Waals surface area contributed by atoms with Gasteiger partial charge in [0, 0.05) is 0 Å². The molecule has 0 fully saturated rings. The molecule has 2 rings (SSSR count). The molecular weight excluding hydrogens is 276 g/mol. The van der Waals surface area contributed by atoms with Crippen molar-refractivity contribution in [2.24, 2.45) is 5.10 Å². The number of para-hydroxylation sites is 1. The standard InChI is InChI=1S/C18H20N2O2/c1-18(2,3)22-17(21)20(16-12-8-5-9-13-16)19-14-15-10-6-4-7-11-15/h4-14H,1-3H3/b19-14+. The van der Waals surface area contributed by atoms with Gasteiger partial charge in [-0.1, -0.05) is 48.5 Å². The van der Waals surface area contributed by atoms with E-state index < -0.39 is 11.7 Å². The van der Waals surface area contributed by atoms with E-state index in [1.165, 1.54) is 5.01 Å². The van der Waals surface area contributed by atoms with Crippen molar-refractivity contribution in [2.75, 3.05) is 5.01 Å². The molecule has 0 aliphatic rings. The summed E-state index contributed by atoms with van der Waals surface area (Å²) in [5, 5.41) is 5.54. The van der Waals surface area contributed by atoms with E-state index in [4.69, 9.17) is 4.74 Å². The summed E-state index contributed by atoms with van der Waals surface area (Å²) in [7, 11) is 0. The number of amides is 1. The second-order valence-electron chi connectivity index (χ2n) is 5.78. The number of carbonyl (C=O) groups is 1. The number of hydrogen-bond acceptors (Lipinski definition) is 3. The highest BCUT2D eigenvalue weighted by molar-refractivity contribution is 5.90. The fraction of sp³-hybridized carbons (Fsp3) is 0.222. The third kappa shape index (κ3) is 4.74. The van der Waals surface area contributed by atoms with Crippen molar-refractivity contribution < 1.29 is 9.53 Å². The summed E-state index contributed by atoms with van der Waals surface area (Å²) in [5.41, 5.74) is 0.989. The van der Waals surface area contributed by atoms with Gasteiger partial charge in [-0.15, -0.1) is 0 Å². The van der Waals surface area contributed by atoms with Gasteiger partial charge in [-0.25, -0.2) is 4.79 Å². The maximum Gasteiger partial charge on any atom is 0.435 e. The molecule has 22 heavy (non-hydrogen) atoms. The van der Waals surface area contributed by atoms with Crippen LogP contribution in [0.2, 0.25) is 0 Å². The van der Waals surface area contributed by atoms with Gasteiger partial charge in [-0.2, -0.15) is 10.1 Å². The van der Waals surface area contributed by atoms with Gasteiger partial charge in [-0.05, 0) is 38.5 Å². The van der Waals surface area contributed by atoms with Crippen molar-refractivity contribution in [3.63, 3.8) is 0 Å². The molecule has 0 saturated heterocycles. The highest BCUT2D eigenvalue weighted by Crippen LogP contribution is 2.18. The Bertz CT molecular complexity index is 631. The molecule has 0 aliphatic heterocycles. The molecule has 0 atom stereocenters. The number of hydrogen-bond donors (Lipinski definition) is 0. The predicted octanol–water partition coefficient (Wildman–Crippen LogP) is 4.46. The number of ether oxygens (including phenoxy) is 1. The van der Waals surface area contributed by atoms with Crippen LogP contribution in [0.4, 0.5) is 10.5 Å². The molecule has 0 aliphatic carbocycles.